The maximum atomic E-state index is 13.6. The van der Waals surface area contributed by atoms with Gasteiger partial charge in [-0.2, -0.15) is 0 Å². The summed E-state index contributed by atoms with van der Waals surface area (Å²) < 4.78 is 7.21. The van der Waals surface area contributed by atoms with E-state index in [2.05, 4.69) is 5.32 Å². The Balaban J connectivity index is 1.50. The zero-order chi connectivity index (χ0) is 21.4. The lowest BCUT2D eigenvalue weighted by Crippen LogP contribution is -2.38. The molecule has 0 bridgehead atoms. The number of aryl methyl sites for hydroxylation is 2. The summed E-state index contributed by atoms with van der Waals surface area (Å²) in [6.07, 6.45) is 10.3. The van der Waals surface area contributed by atoms with Crippen LogP contribution in [0, 0.1) is 0 Å². The van der Waals surface area contributed by atoms with E-state index in [4.69, 9.17) is 9.40 Å². The van der Waals surface area contributed by atoms with Crippen LogP contribution in [0.25, 0.3) is 10.2 Å². The molecule has 0 aliphatic heterocycles. The molecule has 0 radical (unpaired) electrons. The lowest BCUT2D eigenvalue weighted by Gasteiger charge is -2.18. The zero-order valence-electron chi connectivity index (χ0n) is 17.7. The molecule has 2 aliphatic rings. The lowest BCUT2D eigenvalue weighted by atomic mass is 9.97. The molecule has 6 nitrogen and oxygen atoms in total. The van der Waals surface area contributed by atoms with E-state index in [-0.39, 0.29) is 22.8 Å². The van der Waals surface area contributed by atoms with Crippen molar-refractivity contribution in [3.05, 3.63) is 45.0 Å². The van der Waals surface area contributed by atoms with Gasteiger partial charge in [0.2, 0.25) is 5.91 Å². The van der Waals surface area contributed by atoms with E-state index in [0.717, 1.165) is 42.3 Å². The first kappa shape index (κ1) is 20.8. The molecule has 0 spiro atoms. The SMILES string of the molecule is CC(Sc1nc2sc3c(c2c(=O)n1Cc1ccco1)CCCC3)C(=O)NC1CCCC1. The van der Waals surface area contributed by atoms with Crippen LogP contribution in [0.4, 0.5) is 0 Å². The first-order chi connectivity index (χ1) is 15.1. The summed E-state index contributed by atoms with van der Waals surface area (Å²) in [6, 6.07) is 3.97. The monoisotopic (exact) mass is 457 g/mol. The Labute approximate surface area is 189 Å². The van der Waals surface area contributed by atoms with Crippen LogP contribution >= 0.6 is 23.1 Å². The Kier molecular flexibility index (Phi) is 5.93. The number of fused-ring (bicyclic) bond motifs is 3. The molecular weight excluding hydrogens is 430 g/mol. The maximum Gasteiger partial charge on any atom is 0.263 e. The molecule has 2 aliphatic carbocycles. The number of furan rings is 1. The summed E-state index contributed by atoms with van der Waals surface area (Å²) in [7, 11) is 0. The number of carbonyl (C=O) groups is 1. The zero-order valence-corrected chi connectivity index (χ0v) is 19.3. The highest BCUT2D eigenvalue weighted by Crippen LogP contribution is 2.35. The molecule has 5 rings (SSSR count). The van der Waals surface area contributed by atoms with Gasteiger partial charge >= 0.3 is 0 Å². The average Bonchev–Trinajstić information content (AvgIpc) is 3.51. The molecule has 3 aromatic heterocycles. The van der Waals surface area contributed by atoms with E-state index in [1.165, 1.54) is 41.5 Å². The molecule has 0 saturated heterocycles. The fourth-order valence-electron chi connectivity index (χ4n) is 4.61. The maximum absolute atomic E-state index is 13.6. The number of nitrogens with one attached hydrogen (secondary N) is 1. The van der Waals surface area contributed by atoms with Crippen LogP contribution in [0.2, 0.25) is 0 Å². The van der Waals surface area contributed by atoms with Crippen LogP contribution in [-0.4, -0.2) is 26.8 Å². The van der Waals surface area contributed by atoms with E-state index < -0.39 is 0 Å². The molecule has 0 aromatic carbocycles. The van der Waals surface area contributed by atoms with Crippen molar-refractivity contribution in [2.75, 3.05) is 0 Å². The van der Waals surface area contributed by atoms with Gasteiger partial charge in [-0.3, -0.25) is 14.2 Å². The van der Waals surface area contributed by atoms with Gasteiger partial charge in [0.1, 0.15) is 10.6 Å². The van der Waals surface area contributed by atoms with Crippen LogP contribution in [0.15, 0.2) is 32.8 Å². The van der Waals surface area contributed by atoms with Gasteiger partial charge in [0.15, 0.2) is 5.16 Å². The summed E-state index contributed by atoms with van der Waals surface area (Å²) in [6.45, 7) is 2.21. The molecule has 1 fully saturated rings. The Morgan fingerprint density at radius 3 is 2.90 bits per heavy atom. The van der Waals surface area contributed by atoms with Crippen molar-refractivity contribution in [2.24, 2.45) is 0 Å². The molecule has 1 atom stereocenters. The Morgan fingerprint density at radius 2 is 2.13 bits per heavy atom. The quantitative estimate of drug-likeness (QED) is 0.435. The molecule has 1 unspecified atom stereocenters. The molecule has 31 heavy (non-hydrogen) atoms. The number of amides is 1. The van der Waals surface area contributed by atoms with Gasteiger partial charge in [-0.05, 0) is 63.1 Å². The standard InChI is InChI=1S/C23H27N3O3S2/c1-14(20(27)24-15-7-2-3-8-15)30-23-25-21-19(17-10-4-5-11-18(17)31-21)22(28)26(23)13-16-9-6-12-29-16/h6,9,12,14-15H,2-5,7-8,10-11,13H2,1H3,(H,24,27). The molecule has 8 heteroatoms. The summed E-state index contributed by atoms with van der Waals surface area (Å²) >= 11 is 3.01. The molecule has 3 heterocycles. The van der Waals surface area contributed by atoms with Crippen molar-refractivity contribution in [1.29, 1.82) is 0 Å². The van der Waals surface area contributed by atoms with E-state index in [1.54, 1.807) is 22.2 Å². The topological polar surface area (TPSA) is 77.1 Å². The van der Waals surface area contributed by atoms with Crippen molar-refractivity contribution in [3.8, 4) is 0 Å². The largest absolute Gasteiger partial charge is 0.467 e. The Hall–Kier alpha value is -2.06. The van der Waals surface area contributed by atoms with Crippen molar-refractivity contribution >= 4 is 39.2 Å². The summed E-state index contributed by atoms with van der Waals surface area (Å²) in [5.41, 5.74) is 1.16. The highest BCUT2D eigenvalue weighted by atomic mass is 32.2. The fraction of sp³-hybridized carbons (Fsp3) is 0.522. The minimum Gasteiger partial charge on any atom is -0.467 e. The number of rotatable bonds is 6. The van der Waals surface area contributed by atoms with Gasteiger partial charge in [-0.25, -0.2) is 4.98 Å². The predicted octanol–water partition coefficient (Wildman–Crippen LogP) is 4.52. The second-order valence-electron chi connectivity index (χ2n) is 8.51. The van der Waals surface area contributed by atoms with Crippen LogP contribution in [0.1, 0.15) is 61.6 Å². The van der Waals surface area contributed by atoms with Gasteiger partial charge in [0.05, 0.1) is 23.4 Å². The summed E-state index contributed by atoms with van der Waals surface area (Å²) in [5, 5.41) is 4.18. The van der Waals surface area contributed by atoms with E-state index in [1.807, 2.05) is 19.1 Å². The minimum atomic E-state index is -0.331. The van der Waals surface area contributed by atoms with Gasteiger partial charge in [0, 0.05) is 10.9 Å². The molecular formula is C23H27N3O3S2. The van der Waals surface area contributed by atoms with Crippen molar-refractivity contribution in [3.63, 3.8) is 0 Å². The summed E-state index contributed by atoms with van der Waals surface area (Å²) in [5.74, 6) is 0.721. The number of hydrogen-bond acceptors (Lipinski definition) is 6. The second kappa shape index (κ2) is 8.82. The van der Waals surface area contributed by atoms with Crippen molar-refractivity contribution < 1.29 is 9.21 Å². The second-order valence-corrected chi connectivity index (χ2v) is 10.9. The van der Waals surface area contributed by atoms with E-state index in [9.17, 15) is 9.59 Å². The highest BCUT2D eigenvalue weighted by Gasteiger charge is 2.26. The van der Waals surface area contributed by atoms with Crippen molar-refractivity contribution in [1.82, 2.24) is 14.9 Å². The van der Waals surface area contributed by atoms with Gasteiger partial charge < -0.3 is 9.73 Å². The third kappa shape index (κ3) is 4.20. The molecule has 164 valence electrons. The Morgan fingerprint density at radius 1 is 1.32 bits per heavy atom. The summed E-state index contributed by atoms with van der Waals surface area (Å²) in [4.78, 5) is 33.4. The fourth-order valence-corrected chi connectivity index (χ4v) is 6.83. The van der Waals surface area contributed by atoms with Gasteiger partial charge in [-0.15, -0.1) is 11.3 Å². The highest BCUT2D eigenvalue weighted by molar-refractivity contribution is 8.00. The first-order valence-corrected chi connectivity index (χ1v) is 12.8. The number of thiophene rings is 1. The molecule has 1 amide bonds. The smallest absolute Gasteiger partial charge is 0.263 e. The van der Waals surface area contributed by atoms with Crippen LogP contribution in [-0.2, 0) is 24.2 Å². The van der Waals surface area contributed by atoms with Crippen LogP contribution in [0.5, 0.6) is 0 Å². The number of thioether (sulfide) groups is 1. The third-order valence-corrected chi connectivity index (χ3v) is 8.56. The normalized spacial score (nSPS) is 17.7. The van der Waals surface area contributed by atoms with Gasteiger partial charge in [0.25, 0.3) is 5.56 Å². The molecule has 3 aromatic rings. The number of aromatic nitrogens is 2. The van der Waals surface area contributed by atoms with Crippen LogP contribution in [0.3, 0.4) is 0 Å². The number of nitrogens with zero attached hydrogens (tertiary/aromatic N) is 2. The Bertz CT molecular complexity index is 1140. The van der Waals surface area contributed by atoms with Crippen LogP contribution < -0.4 is 10.9 Å². The first-order valence-electron chi connectivity index (χ1n) is 11.1. The predicted molar refractivity (Wildman–Crippen MR) is 124 cm³/mol. The van der Waals surface area contributed by atoms with Crippen molar-refractivity contribution in [2.45, 2.75) is 81.3 Å². The van der Waals surface area contributed by atoms with E-state index in [0.29, 0.717) is 17.5 Å². The number of hydrogen-bond donors (Lipinski definition) is 1. The third-order valence-electron chi connectivity index (χ3n) is 6.29. The number of carbonyl (C=O) groups excluding carboxylic acids is 1. The van der Waals surface area contributed by atoms with Gasteiger partial charge in [-0.1, -0.05) is 24.6 Å². The molecule has 1 N–H and O–H groups in total. The molecule has 1 saturated carbocycles. The minimum absolute atomic E-state index is 0.0151. The van der Waals surface area contributed by atoms with E-state index >= 15 is 0 Å². The lowest BCUT2D eigenvalue weighted by molar-refractivity contribution is -0.120. The average molecular weight is 458 g/mol.